The minimum absolute atomic E-state index is 0.257. The first-order chi connectivity index (χ1) is 15.3. The number of aromatic nitrogens is 3. The largest absolute Gasteiger partial charge is 0.322 e. The fraction of sp³-hybridized carbons (Fsp3) is 0.0870. The lowest BCUT2D eigenvalue weighted by molar-refractivity contribution is 0.102. The van der Waals surface area contributed by atoms with Crippen LogP contribution in [0.1, 0.15) is 10.4 Å². The standard InChI is InChI=1S/C23H21N5O3S/c1-28(32(2,30)31)20-11-7-6-10-19(20)23(29)24-18-14-12-17(13-15-18)22-25-21(26-27-22)16-8-4-3-5-9-16/h3-15H,1-2H3,(H,24,29)(H,25,26,27). The molecule has 0 atom stereocenters. The first kappa shape index (κ1) is 21.3. The van der Waals surface area contributed by atoms with Gasteiger partial charge in [0, 0.05) is 23.9 Å². The first-order valence-electron chi connectivity index (χ1n) is 9.75. The number of amides is 1. The van der Waals surface area contributed by atoms with Gasteiger partial charge in [-0.1, -0.05) is 42.5 Å². The fourth-order valence-electron chi connectivity index (χ4n) is 3.14. The Morgan fingerprint density at radius 1 is 0.906 bits per heavy atom. The summed E-state index contributed by atoms with van der Waals surface area (Å²) in [7, 11) is -2.09. The zero-order chi connectivity index (χ0) is 22.7. The number of aromatic amines is 1. The number of H-pyrrole nitrogens is 1. The van der Waals surface area contributed by atoms with Crippen molar-refractivity contribution in [2.24, 2.45) is 0 Å². The minimum atomic E-state index is -3.50. The second kappa shape index (κ2) is 8.64. The number of nitrogens with one attached hydrogen (secondary N) is 2. The third kappa shape index (κ3) is 4.52. The Bertz CT molecular complexity index is 1350. The van der Waals surface area contributed by atoms with Crippen LogP contribution in [0.25, 0.3) is 22.8 Å². The van der Waals surface area contributed by atoms with Gasteiger partial charge in [-0.2, -0.15) is 5.10 Å². The molecule has 0 bridgehead atoms. The zero-order valence-electron chi connectivity index (χ0n) is 17.5. The van der Waals surface area contributed by atoms with E-state index in [1.165, 1.54) is 7.05 Å². The third-order valence-corrected chi connectivity index (χ3v) is 6.11. The molecule has 0 radical (unpaired) electrons. The van der Waals surface area contributed by atoms with Gasteiger partial charge in [-0.25, -0.2) is 13.4 Å². The lowest BCUT2D eigenvalue weighted by atomic mass is 10.1. The minimum Gasteiger partial charge on any atom is -0.322 e. The Balaban J connectivity index is 1.52. The van der Waals surface area contributed by atoms with E-state index in [4.69, 9.17) is 0 Å². The molecule has 162 valence electrons. The van der Waals surface area contributed by atoms with Crippen LogP contribution >= 0.6 is 0 Å². The van der Waals surface area contributed by atoms with Crippen LogP contribution in [0.4, 0.5) is 11.4 Å². The summed E-state index contributed by atoms with van der Waals surface area (Å²) in [6, 6.07) is 23.3. The normalized spacial score (nSPS) is 11.2. The number of carbonyl (C=O) groups excluding carboxylic acids is 1. The molecule has 4 aromatic rings. The maximum absolute atomic E-state index is 12.8. The van der Waals surface area contributed by atoms with Crippen LogP contribution in [0, 0.1) is 0 Å². The van der Waals surface area contributed by atoms with Crippen LogP contribution in [-0.2, 0) is 10.0 Å². The van der Waals surface area contributed by atoms with Crippen LogP contribution in [0.3, 0.4) is 0 Å². The SMILES string of the molecule is CN(c1ccccc1C(=O)Nc1ccc(-c2nc(-c3ccccc3)n[nH]2)cc1)S(C)(=O)=O. The maximum atomic E-state index is 12.8. The monoisotopic (exact) mass is 447 g/mol. The molecule has 0 unspecified atom stereocenters. The predicted octanol–water partition coefficient (Wildman–Crippen LogP) is 3.79. The van der Waals surface area contributed by atoms with E-state index in [9.17, 15) is 13.2 Å². The third-order valence-electron chi connectivity index (χ3n) is 4.92. The van der Waals surface area contributed by atoms with Crippen molar-refractivity contribution < 1.29 is 13.2 Å². The smallest absolute Gasteiger partial charge is 0.257 e. The molecular weight excluding hydrogens is 426 g/mol. The summed E-state index contributed by atoms with van der Waals surface area (Å²) in [5.74, 6) is 0.807. The molecule has 0 aliphatic rings. The number of para-hydroxylation sites is 1. The van der Waals surface area contributed by atoms with Gasteiger partial charge in [0.25, 0.3) is 5.91 Å². The van der Waals surface area contributed by atoms with Gasteiger partial charge in [0.15, 0.2) is 11.6 Å². The molecule has 1 heterocycles. The van der Waals surface area contributed by atoms with Gasteiger partial charge < -0.3 is 5.32 Å². The Hall–Kier alpha value is -3.98. The molecule has 0 saturated heterocycles. The van der Waals surface area contributed by atoms with Crippen LogP contribution in [0.15, 0.2) is 78.9 Å². The Morgan fingerprint density at radius 3 is 2.25 bits per heavy atom. The van der Waals surface area contributed by atoms with E-state index in [0.29, 0.717) is 23.0 Å². The predicted molar refractivity (Wildman–Crippen MR) is 125 cm³/mol. The second-order valence-electron chi connectivity index (χ2n) is 7.15. The van der Waals surface area contributed by atoms with Gasteiger partial charge >= 0.3 is 0 Å². The highest BCUT2D eigenvalue weighted by Crippen LogP contribution is 2.24. The van der Waals surface area contributed by atoms with E-state index in [1.54, 1.807) is 36.4 Å². The average molecular weight is 448 g/mol. The Morgan fingerprint density at radius 2 is 1.56 bits per heavy atom. The van der Waals surface area contributed by atoms with E-state index in [2.05, 4.69) is 20.5 Å². The summed E-state index contributed by atoms with van der Waals surface area (Å²) in [4.78, 5) is 17.3. The van der Waals surface area contributed by atoms with Gasteiger partial charge in [-0.15, -0.1) is 0 Å². The number of carbonyl (C=O) groups is 1. The van der Waals surface area contributed by atoms with Gasteiger partial charge in [0.05, 0.1) is 17.5 Å². The summed E-state index contributed by atoms with van der Waals surface area (Å²) >= 11 is 0. The molecule has 0 spiro atoms. The van der Waals surface area contributed by atoms with Crippen molar-refractivity contribution in [2.75, 3.05) is 22.9 Å². The van der Waals surface area contributed by atoms with Crippen LogP contribution < -0.4 is 9.62 Å². The van der Waals surface area contributed by atoms with E-state index < -0.39 is 15.9 Å². The number of benzene rings is 3. The fourth-order valence-corrected chi connectivity index (χ4v) is 3.65. The van der Waals surface area contributed by atoms with Crippen molar-refractivity contribution in [2.45, 2.75) is 0 Å². The van der Waals surface area contributed by atoms with E-state index in [-0.39, 0.29) is 5.56 Å². The molecule has 1 aromatic heterocycles. The Kier molecular flexibility index (Phi) is 5.74. The molecule has 0 aliphatic carbocycles. The van der Waals surface area contributed by atoms with Gasteiger partial charge in [0.1, 0.15) is 0 Å². The van der Waals surface area contributed by atoms with Crippen LogP contribution in [0.5, 0.6) is 0 Å². The summed E-state index contributed by atoms with van der Waals surface area (Å²) in [5, 5.41) is 10.00. The number of sulfonamides is 1. The number of anilines is 2. The summed E-state index contributed by atoms with van der Waals surface area (Å²) in [6.07, 6.45) is 1.09. The molecule has 0 saturated carbocycles. The number of hydrogen-bond donors (Lipinski definition) is 2. The number of nitrogens with zero attached hydrogens (tertiary/aromatic N) is 3. The van der Waals surface area contributed by atoms with Gasteiger partial charge in [0.2, 0.25) is 10.0 Å². The highest BCUT2D eigenvalue weighted by atomic mass is 32.2. The highest BCUT2D eigenvalue weighted by molar-refractivity contribution is 7.92. The van der Waals surface area contributed by atoms with Crippen molar-refractivity contribution in [1.29, 1.82) is 0 Å². The topological polar surface area (TPSA) is 108 Å². The Labute approximate surface area is 186 Å². The van der Waals surface area contributed by atoms with Gasteiger partial charge in [-0.05, 0) is 36.4 Å². The quantitative estimate of drug-likeness (QED) is 0.468. The van der Waals surface area contributed by atoms with Crippen molar-refractivity contribution >= 4 is 27.3 Å². The number of rotatable bonds is 6. The molecule has 32 heavy (non-hydrogen) atoms. The van der Waals surface area contributed by atoms with Crippen molar-refractivity contribution in [3.8, 4) is 22.8 Å². The molecular formula is C23H21N5O3S. The maximum Gasteiger partial charge on any atom is 0.257 e. The highest BCUT2D eigenvalue weighted by Gasteiger charge is 2.19. The van der Waals surface area contributed by atoms with Crippen LogP contribution in [0.2, 0.25) is 0 Å². The molecule has 8 nitrogen and oxygen atoms in total. The second-order valence-corrected chi connectivity index (χ2v) is 9.17. The number of hydrogen-bond acceptors (Lipinski definition) is 5. The molecule has 2 N–H and O–H groups in total. The average Bonchev–Trinajstić information content (AvgIpc) is 3.29. The summed E-state index contributed by atoms with van der Waals surface area (Å²) in [6.45, 7) is 0. The van der Waals surface area contributed by atoms with E-state index in [0.717, 1.165) is 21.7 Å². The first-order valence-corrected chi connectivity index (χ1v) is 11.6. The molecule has 9 heteroatoms. The summed E-state index contributed by atoms with van der Waals surface area (Å²) < 4.78 is 24.9. The lowest BCUT2D eigenvalue weighted by Crippen LogP contribution is -2.27. The van der Waals surface area contributed by atoms with Gasteiger partial charge in [-0.3, -0.25) is 14.2 Å². The van der Waals surface area contributed by atoms with E-state index in [1.807, 2.05) is 42.5 Å². The zero-order valence-corrected chi connectivity index (χ0v) is 18.3. The molecule has 1 amide bonds. The van der Waals surface area contributed by atoms with Crippen molar-refractivity contribution in [3.63, 3.8) is 0 Å². The lowest BCUT2D eigenvalue weighted by Gasteiger charge is -2.19. The van der Waals surface area contributed by atoms with Crippen LogP contribution in [-0.4, -0.2) is 42.8 Å². The molecule has 0 fully saturated rings. The molecule has 4 rings (SSSR count). The molecule has 0 aliphatic heterocycles. The summed E-state index contributed by atoms with van der Waals surface area (Å²) in [5.41, 5.74) is 2.86. The van der Waals surface area contributed by atoms with Crippen molar-refractivity contribution in [1.82, 2.24) is 15.2 Å². The van der Waals surface area contributed by atoms with E-state index >= 15 is 0 Å². The molecule has 3 aromatic carbocycles. The van der Waals surface area contributed by atoms with Crippen molar-refractivity contribution in [3.05, 3.63) is 84.4 Å².